The molecule has 1 aromatic rings. The molecule has 0 radical (unpaired) electrons. The summed E-state index contributed by atoms with van der Waals surface area (Å²) in [4.78, 5) is 22.9. The smallest absolute Gasteiger partial charge is 0.244 e. The van der Waals surface area contributed by atoms with Gasteiger partial charge in [0, 0.05) is 17.1 Å². The molecule has 0 aliphatic heterocycles. The second-order valence-electron chi connectivity index (χ2n) is 4.41. The zero-order valence-corrected chi connectivity index (χ0v) is 11.1. The summed E-state index contributed by atoms with van der Waals surface area (Å²) < 4.78 is 0. The van der Waals surface area contributed by atoms with Crippen LogP contribution in [0.1, 0.15) is 18.4 Å². The molecule has 0 atom stereocenters. The number of carbonyl (C=O) groups excluding carboxylic acids is 2. The van der Waals surface area contributed by atoms with Crippen LogP contribution in [0.3, 0.4) is 0 Å². The van der Waals surface area contributed by atoms with Crippen molar-refractivity contribution < 1.29 is 9.59 Å². The highest BCUT2D eigenvalue weighted by Crippen LogP contribution is 2.18. The zero-order chi connectivity index (χ0) is 13.7. The van der Waals surface area contributed by atoms with E-state index < -0.39 is 0 Å². The average molecular weight is 279 g/mol. The first kappa shape index (κ1) is 13.6. The Balaban J connectivity index is 1.77. The van der Waals surface area contributed by atoms with Crippen molar-refractivity contribution in [3.05, 3.63) is 40.9 Å². The van der Waals surface area contributed by atoms with Crippen molar-refractivity contribution in [3.8, 4) is 0 Å². The maximum atomic E-state index is 11.5. The van der Waals surface area contributed by atoms with Gasteiger partial charge in [-0.1, -0.05) is 29.8 Å². The molecule has 0 heterocycles. The summed E-state index contributed by atoms with van der Waals surface area (Å²) in [7, 11) is 0. The quantitative estimate of drug-likeness (QED) is 0.806. The van der Waals surface area contributed by atoms with Crippen LogP contribution in [0.4, 0.5) is 0 Å². The van der Waals surface area contributed by atoms with E-state index in [1.54, 1.807) is 12.1 Å². The van der Waals surface area contributed by atoms with E-state index in [1.165, 1.54) is 6.08 Å². The lowest BCUT2D eigenvalue weighted by Crippen LogP contribution is -2.37. The molecule has 0 unspecified atom stereocenters. The number of hydrogen-bond donors (Lipinski definition) is 2. The van der Waals surface area contributed by atoms with Gasteiger partial charge >= 0.3 is 0 Å². The van der Waals surface area contributed by atoms with Crippen LogP contribution in [0.5, 0.6) is 0 Å². The summed E-state index contributed by atoms with van der Waals surface area (Å²) in [6, 6.07) is 7.53. The van der Waals surface area contributed by atoms with Crippen LogP contribution >= 0.6 is 11.6 Å². The minimum absolute atomic E-state index is 0.00218. The average Bonchev–Trinajstić information content (AvgIpc) is 3.19. The number of nitrogens with one attached hydrogen (secondary N) is 2. The van der Waals surface area contributed by atoms with Gasteiger partial charge in [-0.3, -0.25) is 9.59 Å². The summed E-state index contributed by atoms with van der Waals surface area (Å²) in [5, 5.41) is 5.90. The number of rotatable bonds is 5. The maximum absolute atomic E-state index is 11.5. The lowest BCUT2D eigenvalue weighted by molar-refractivity contribution is -0.124. The molecule has 100 valence electrons. The van der Waals surface area contributed by atoms with Gasteiger partial charge < -0.3 is 10.6 Å². The standard InChI is InChI=1S/C14H15ClN2O2/c15-12-4-2-1-3-10(12)5-8-13(18)16-9-14(19)17-11-6-7-11/h1-5,8,11H,6-7,9H2,(H,16,18)(H,17,19)/b8-5+. The molecule has 2 N–H and O–H groups in total. The molecule has 1 fully saturated rings. The van der Waals surface area contributed by atoms with E-state index in [1.807, 2.05) is 18.2 Å². The van der Waals surface area contributed by atoms with Gasteiger partial charge in [0.25, 0.3) is 0 Å². The van der Waals surface area contributed by atoms with Gasteiger partial charge in [0.15, 0.2) is 0 Å². The zero-order valence-electron chi connectivity index (χ0n) is 10.4. The molecule has 2 rings (SSSR count). The first-order chi connectivity index (χ1) is 9.15. The van der Waals surface area contributed by atoms with E-state index in [-0.39, 0.29) is 18.4 Å². The fourth-order valence-electron chi connectivity index (χ4n) is 1.51. The molecule has 5 heteroatoms. The maximum Gasteiger partial charge on any atom is 0.244 e. The Labute approximate surface area is 116 Å². The first-order valence-electron chi connectivity index (χ1n) is 6.15. The second kappa shape index (κ2) is 6.38. The minimum Gasteiger partial charge on any atom is -0.352 e. The molecule has 19 heavy (non-hydrogen) atoms. The van der Waals surface area contributed by atoms with Crippen LogP contribution in [0.15, 0.2) is 30.3 Å². The van der Waals surface area contributed by atoms with Crippen molar-refractivity contribution in [2.24, 2.45) is 0 Å². The minimum atomic E-state index is -0.314. The molecule has 0 aromatic heterocycles. The number of hydrogen-bond acceptors (Lipinski definition) is 2. The van der Waals surface area contributed by atoms with Gasteiger partial charge in [0.05, 0.1) is 6.54 Å². The molecular formula is C14H15ClN2O2. The Hall–Kier alpha value is -1.81. The molecule has 0 spiro atoms. The van der Waals surface area contributed by atoms with E-state index in [9.17, 15) is 9.59 Å². The monoisotopic (exact) mass is 278 g/mol. The molecule has 1 aromatic carbocycles. The third-order valence-electron chi connectivity index (χ3n) is 2.69. The Morgan fingerprint density at radius 3 is 2.74 bits per heavy atom. The highest BCUT2D eigenvalue weighted by atomic mass is 35.5. The van der Waals surface area contributed by atoms with Crippen LogP contribution in [-0.4, -0.2) is 24.4 Å². The largest absolute Gasteiger partial charge is 0.352 e. The first-order valence-corrected chi connectivity index (χ1v) is 6.53. The third-order valence-corrected chi connectivity index (χ3v) is 3.03. The van der Waals surface area contributed by atoms with Gasteiger partial charge in [-0.2, -0.15) is 0 Å². The van der Waals surface area contributed by atoms with Crippen molar-refractivity contribution in [2.45, 2.75) is 18.9 Å². The van der Waals surface area contributed by atoms with E-state index in [0.29, 0.717) is 11.1 Å². The van der Waals surface area contributed by atoms with Crippen LogP contribution in [0.2, 0.25) is 5.02 Å². The summed E-state index contributed by atoms with van der Waals surface area (Å²) >= 11 is 5.95. The Morgan fingerprint density at radius 1 is 1.32 bits per heavy atom. The van der Waals surface area contributed by atoms with E-state index in [4.69, 9.17) is 11.6 Å². The molecule has 0 saturated heterocycles. The molecule has 4 nitrogen and oxygen atoms in total. The Bertz CT molecular complexity index is 510. The van der Waals surface area contributed by atoms with Crippen molar-refractivity contribution in [1.82, 2.24) is 10.6 Å². The SMILES string of the molecule is O=C(/C=C/c1ccccc1Cl)NCC(=O)NC1CC1. The molecule has 0 bridgehead atoms. The van der Waals surface area contributed by atoms with Crippen molar-refractivity contribution >= 4 is 29.5 Å². The van der Waals surface area contributed by atoms with Gasteiger partial charge in [-0.15, -0.1) is 0 Å². The lowest BCUT2D eigenvalue weighted by atomic mass is 10.2. The Kier molecular flexibility index (Phi) is 4.58. The van der Waals surface area contributed by atoms with Gasteiger partial charge in [0.2, 0.25) is 11.8 Å². The lowest BCUT2D eigenvalue weighted by Gasteiger charge is -2.03. The second-order valence-corrected chi connectivity index (χ2v) is 4.82. The van der Waals surface area contributed by atoms with Crippen molar-refractivity contribution in [2.75, 3.05) is 6.54 Å². The van der Waals surface area contributed by atoms with Crippen LogP contribution in [-0.2, 0) is 9.59 Å². The fraction of sp³-hybridized carbons (Fsp3) is 0.286. The third kappa shape index (κ3) is 4.75. The summed E-state index contributed by atoms with van der Waals surface area (Å²) in [6.07, 6.45) is 5.06. The van der Waals surface area contributed by atoms with E-state index >= 15 is 0 Å². The van der Waals surface area contributed by atoms with Crippen molar-refractivity contribution in [3.63, 3.8) is 0 Å². The summed E-state index contributed by atoms with van der Waals surface area (Å²) in [5.74, 6) is -0.465. The van der Waals surface area contributed by atoms with Crippen molar-refractivity contribution in [1.29, 1.82) is 0 Å². The summed E-state index contributed by atoms with van der Waals surface area (Å²) in [5.41, 5.74) is 0.766. The van der Waals surface area contributed by atoms with Crippen LogP contribution in [0, 0.1) is 0 Å². The molecular weight excluding hydrogens is 264 g/mol. The van der Waals surface area contributed by atoms with E-state index in [0.717, 1.165) is 18.4 Å². The number of benzene rings is 1. The topological polar surface area (TPSA) is 58.2 Å². The number of amides is 2. The number of carbonyl (C=O) groups is 2. The van der Waals surface area contributed by atoms with Crippen LogP contribution in [0.25, 0.3) is 6.08 Å². The van der Waals surface area contributed by atoms with Gasteiger partial charge in [-0.25, -0.2) is 0 Å². The highest BCUT2D eigenvalue weighted by molar-refractivity contribution is 6.32. The molecule has 2 amide bonds. The van der Waals surface area contributed by atoms with Crippen LogP contribution < -0.4 is 10.6 Å². The van der Waals surface area contributed by atoms with Gasteiger partial charge in [0.1, 0.15) is 0 Å². The predicted octanol–water partition coefficient (Wildman–Crippen LogP) is 1.75. The fourth-order valence-corrected chi connectivity index (χ4v) is 1.71. The molecule has 1 aliphatic carbocycles. The number of halogens is 1. The molecule has 1 saturated carbocycles. The normalized spacial score (nSPS) is 14.4. The molecule has 1 aliphatic rings. The Morgan fingerprint density at radius 2 is 2.05 bits per heavy atom. The highest BCUT2D eigenvalue weighted by Gasteiger charge is 2.22. The van der Waals surface area contributed by atoms with E-state index in [2.05, 4.69) is 10.6 Å². The van der Waals surface area contributed by atoms with Gasteiger partial charge in [-0.05, 0) is 30.5 Å². The predicted molar refractivity (Wildman–Crippen MR) is 74.7 cm³/mol. The summed E-state index contributed by atoms with van der Waals surface area (Å²) in [6.45, 7) is 0.00218.